The predicted molar refractivity (Wildman–Crippen MR) is 112 cm³/mol. The van der Waals surface area contributed by atoms with Gasteiger partial charge in [0.15, 0.2) is 0 Å². The van der Waals surface area contributed by atoms with E-state index in [0.717, 1.165) is 23.7 Å². The molecule has 0 spiro atoms. The van der Waals surface area contributed by atoms with E-state index in [0.29, 0.717) is 23.0 Å². The molecule has 0 saturated heterocycles. The van der Waals surface area contributed by atoms with Crippen LogP contribution in [0.25, 0.3) is 10.9 Å². The van der Waals surface area contributed by atoms with Crippen LogP contribution in [0.15, 0.2) is 30.6 Å². The Morgan fingerprint density at radius 3 is 2.66 bits per heavy atom. The summed E-state index contributed by atoms with van der Waals surface area (Å²) in [6.45, 7) is 0. The quantitative estimate of drug-likeness (QED) is 0.645. The summed E-state index contributed by atoms with van der Waals surface area (Å²) in [5.41, 5.74) is 1.75. The number of rotatable bonds is 5. The molecule has 4 rings (SSSR count). The summed E-state index contributed by atoms with van der Waals surface area (Å²) in [6, 6.07) is 5.70. The Labute approximate surface area is 174 Å². The Bertz CT molecular complexity index is 1040. The fourth-order valence-corrected chi connectivity index (χ4v) is 4.01. The topological polar surface area (TPSA) is 78.3 Å². The van der Waals surface area contributed by atoms with E-state index in [-0.39, 0.29) is 16.8 Å². The maximum absolute atomic E-state index is 12.7. The van der Waals surface area contributed by atoms with E-state index in [1.807, 2.05) is 18.3 Å². The van der Waals surface area contributed by atoms with Gasteiger partial charge in [0, 0.05) is 23.8 Å². The highest BCUT2D eigenvalue weighted by Crippen LogP contribution is 2.33. The van der Waals surface area contributed by atoms with Gasteiger partial charge in [-0.3, -0.25) is 9.48 Å². The van der Waals surface area contributed by atoms with E-state index < -0.39 is 0 Å². The number of nitrogens with one attached hydrogen (secondary N) is 1. The molecular formula is C21H23ClN4O3. The number of hydrogen-bond acceptors (Lipinski definition) is 5. The van der Waals surface area contributed by atoms with Crippen LogP contribution in [-0.2, 0) is 0 Å². The smallest absolute Gasteiger partial charge is 0.257 e. The predicted octanol–water partition coefficient (Wildman–Crippen LogP) is 4.86. The molecule has 1 aromatic carbocycles. The molecule has 29 heavy (non-hydrogen) atoms. The second-order valence-electron chi connectivity index (χ2n) is 7.18. The zero-order chi connectivity index (χ0) is 20.4. The molecule has 1 fully saturated rings. The van der Waals surface area contributed by atoms with Gasteiger partial charge >= 0.3 is 0 Å². The van der Waals surface area contributed by atoms with Crippen LogP contribution in [0.2, 0.25) is 5.02 Å². The molecule has 1 aliphatic carbocycles. The minimum Gasteiger partial charge on any atom is -0.494 e. The summed E-state index contributed by atoms with van der Waals surface area (Å²) in [5.74, 6) is 0.490. The average Bonchev–Trinajstić information content (AvgIpc) is 3.16. The molecule has 152 valence electrons. The third-order valence-corrected chi connectivity index (χ3v) is 5.57. The van der Waals surface area contributed by atoms with Gasteiger partial charge in [0.1, 0.15) is 10.8 Å². The van der Waals surface area contributed by atoms with Gasteiger partial charge in [-0.25, -0.2) is 4.98 Å². The third-order valence-electron chi connectivity index (χ3n) is 5.30. The molecular weight excluding hydrogens is 392 g/mol. The third kappa shape index (κ3) is 4.00. The lowest BCUT2D eigenvalue weighted by Crippen LogP contribution is -2.13. The monoisotopic (exact) mass is 414 g/mol. The van der Waals surface area contributed by atoms with Crippen LogP contribution in [0.5, 0.6) is 11.6 Å². The molecule has 1 N–H and O–H groups in total. The molecule has 8 heteroatoms. The lowest BCUT2D eigenvalue weighted by atomic mass is 9.96. The number of carbonyl (C=O) groups is 1. The van der Waals surface area contributed by atoms with Gasteiger partial charge in [-0.15, -0.1) is 0 Å². The zero-order valence-electron chi connectivity index (χ0n) is 16.4. The van der Waals surface area contributed by atoms with E-state index in [4.69, 9.17) is 26.2 Å². The van der Waals surface area contributed by atoms with Gasteiger partial charge in [0.25, 0.3) is 5.91 Å². The van der Waals surface area contributed by atoms with Crippen molar-refractivity contribution in [1.29, 1.82) is 0 Å². The number of carbonyl (C=O) groups excluding carboxylic acids is 1. The van der Waals surface area contributed by atoms with Crippen LogP contribution in [-0.4, -0.2) is 34.9 Å². The minimum atomic E-state index is -0.334. The second-order valence-corrected chi connectivity index (χ2v) is 7.59. The maximum atomic E-state index is 12.7. The number of hydrogen-bond donors (Lipinski definition) is 1. The molecule has 0 bridgehead atoms. The molecule has 1 saturated carbocycles. The Balaban J connectivity index is 1.62. The minimum absolute atomic E-state index is 0.274. The van der Waals surface area contributed by atoms with Crippen molar-refractivity contribution in [3.05, 3.63) is 41.2 Å². The van der Waals surface area contributed by atoms with Gasteiger partial charge < -0.3 is 14.8 Å². The highest BCUT2D eigenvalue weighted by atomic mass is 35.5. The van der Waals surface area contributed by atoms with E-state index in [2.05, 4.69) is 15.0 Å². The Morgan fingerprint density at radius 1 is 1.17 bits per heavy atom. The summed E-state index contributed by atoms with van der Waals surface area (Å²) in [6.07, 6.45) is 9.55. The molecule has 3 aromatic rings. The number of ether oxygens (including phenoxy) is 2. The van der Waals surface area contributed by atoms with Crippen molar-refractivity contribution >= 4 is 34.1 Å². The van der Waals surface area contributed by atoms with Gasteiger partial charge in [-0.2, -0.15) is 5.10 Å². The summed E-state index contributed by atoms with van der Waals surface area (Å²) in [4.78, 5) is 16.7. The fraction of sp³-hybridized carbons (Fsp3) is 0.381. The first-order valence-electron chi connectivity index (χ1n) is 9.67. The van der Waals surface area contributed by atoms with Gasteiger partial charge in [-0.1, -0.05) is 30.9 Å². The summed E-state index contributed by atoms with van der Waals surface area (Å²) in [7, 11) is 3.04. The van der Waals surface area contributed by atoms with Crippen molar-refractivity contribution in [2.75, 3.05) is 19.5 Å². The maximum Gasteiger partial charge on any atom is 0.257 e. The van der Waals surface area contributed by atoms with Crippen molar-refractivity contribution in [1.82, 2.24) is 14.8 Å². The molecule has 0 unspecified atom stereocenters. The molecule has 1 amide bonds. The van der Waals surface area contributed by atoms with Crippen LogP contribution in [0.3, 0.4) is 0 Å². The molecule has 0 radical (unpaired) electrons. The van der Waals surface area contributed by atoms with Crippen molar-refractivity contribution < 1.29 is 14.3 Å². The highest BCUT2D eigenvalue weighted by Gasteiger charge is 2.19. The Hall–Kier alpha value is -2.80. The zero-order valence-corrected chi connectivity index (χ0v) is 17.2. The molecule has 2 heterocycles. The van der Waals surface area contributed by atoms with Crippen LogP contribution in [0.4, 0.5) is 5.69 Å². The van der Waals surface area contributed by atoms with Gasteiger partial charge in [0.2, 0.25) is 5.88 Å². The lowest BCUT2D eigenvalue weighted by molar-refractivity contribution is 0.102. The van der Waals surface area contributed by atoms with E-state index in [1.165, 1.54) is 38.6 Å². The van der Waals surface area contributed by atoms with Crippen molar-refractivity contribution in [2.24, 2.45) is 0 Å². The Kier molecular flexibility index (Phi) is 5.58. The van der Waals surface area contributed by atoms with Crippen LogP contribution in [0.1, 0.15) is 48.5 Å². The number of nitrogens with zero attached hydrogens (tertiary/aromatic N) is 3. The van der Waals surface area contributed by atoms with E-state index in [9.17, 15) is 4.79 Å². The number of amides is 1. The normalized spacial score (nSPS) is 14.7. The number of pyridine rings is 1. The van der Waals surface area contributed by atoms with Crippen LogP contribution < -0.4 is 14.8 Å². The number of fused-ring (bicyclic) bond motifs is 1. The largest absolute Gasteiger partial charge is 0.494 e. The first-order chi connectivity index (χ1) is 14.1. The Morgan fingerprint density at radius 2 is 1.97 bits per heavy atom. The van der Waals surface area contributed by atoms with Crippen LogP contribution >= 0.6 is 11.6 Å². The van der Waals surface area contributed by atoms with Gasteiger partial charge in [-0.05, 0) is 25.0 Å². The number of benzene rings is 1. The molecule has 7 nitrogen and oxygen atoms in total. The number of aromatic nitrogens is 3. The first kappa shape index (κ1) is 19.5. The second kappa shape index (κ2) is 8.29. The van der Waals surface area contributed by atoms with Crippen molar-refractivity contribution in [3.8, 4) is 11.6 Å². The SMILES string of the molecule is COc1cc2nn(C3CCCCC3)cc2cc1NC(=O)c1cnc(OC)c(Cl)c1. The molecule has 0 atom stereocenters. The van der Waals surface area contributed by atoms with Gasteiger partial charge in [0.05, 0.1) is 37.0 Å². The molecule has 2 aromatic heterocycles. The molecule has 0 aliphatic heterocycles. The van der Waals surface area contributed by atoms with E-state index >= 15 is 0 Å². The number of halogens is 1. The fourth-order valence-electron chi connectivity index (χ4n) is 3.77. The highest BCUT2D eigenvalue weighted by molar-refractivity contribution is 6.32. The van der Waals surface area contributed by atoms with E-state index in [1.54, 1.807) is 7.11 Å². The van der Waals surface area contributed by atoms with Crippen molar-refractivity contribution in [2.45, 2.75) is 38.1 Å². The number of methoxy groups -OCH3 is 2. The average molecular weight is 415 g/mol. The standard InChI is InChI=1S/C21H23ClN4O3/c1-28-19-10-17-14(12-26(25-17)15-6-4-3-5-7-15)9-18(19)24-20(27)13-8-16(22)21(29-2)23-11-13/h8-12,15H,3-7H2,1-2H3,(H,24,27). The summed E-state index contributed by atoms with van der Waals surface area (Å²) < 4.78 is 12.6. The number of anilines is 1. The first-order valence-corrected chi connectivity index (χ1v) is 10.0. The molecule has 1 aliphatic rings. The van der Waals surface area contributed by atoms with Crippen LogP contribution in [0, 0.1) is 0 Å². The summed E-state index contributed by atoms with van der Waals surface area (Å²) >= 11 is 6.09. The van der Waals surface area contributed by atoms with Crippen molar-refractivity contribution in [3.63, 3.8) is 0 Å². The summed E-state index contributed by atoms with van der Waals surface area (Å²) in [5, 5.41) is 8.85. The lowest BCUT2D eigenvalue weighted by Gasteiger charge is -2.21.